The highest BCUT2D eigenvalue weighted by molar-refractivity contribution is 5.80. The molecule has 1 N–H and O–H groups in total. The van der Waals surface area contributed by atoms with Crippen LogP contribution >= 0.6 is 0 Å². The third-order valence-corrected chi connectivity index (χ3v) is 4.07. The lowest BCUT2D eigenvalue weighted by molar-refractivity contribution is -0.00800. The summed E-state index contributed by atoms with van der Waals surface area (Å²) in [7, 11) is 1.91. The molecule has 1 aliphatic heterocycles. The average molecular weight is 343 g/mol. The Morgan fingerprint density at radius 3 is 3.20 bits per heavy atom. The van der Waals surface area contributed by atoms with Gasteiger partial charge in [0.1, 0.15) is 11.9 Å². The Kier molecular flexibility index (Phi) is 5.90. The van der Waals surface area contributed by atoms with Crippen molar-refractivity contribution in [1.29, 1.82) is 0 Å². The van der Waals surface area contributed by atoms with Gasteiger partial charge in [-0.05, 0) is 12.1 Å². The number of rotatable bonds is 6. The number of aliphatic imine (C=N–C) groups is 1. The topological polar surface area (TPSA) is 67.8 Å². The van der Waals surface area contributed by atoms with Gasteiger partial charge in [0, 0.05) is 44.9 Å². The molecule has 3 heterocycles. The average Bonchev–Trinajstić information content (AvgIpc) is 3.30. The van der Waals surface area contributed by atoms with Crippen molar-refractivity contribution in [1.82, 2.24) is 20.0 Å². The van der Waals surface area contributed by atoms with Crippen molar-refractivity contribution in [3.05, 3.63) is 54.8 Å². The predicted octanol–water partition coefficient (Wildman–Crippen LogP) is 1.76. The van der Waals surface area contributed by atoms with Crippen LogP contribution in [-0.4, -0.2) is 53.4 Å². The highest BCUT2D eigenvalue weighted by atomic mass is 16.5. The number of morpholine rings is 1. The van der Waals surface area contributed by atoms with E-state index in [0.717, 1.165) is 36.8 Å². The fourth-order valence-electron chi connectivity index (χ4n) is 2.81. The monoisotopic (exact) mass is 343 g/mol. The molecule has 25 heavy (non-hydrogen) atoms. The van der Waals surface area contributed by atoms with Crippen LogP contribution in [0.5, 0.6) is 0 Å². The van der Waals surface area contributed by atoms with Crippen molar-refractivity contribution < 1.29 is 9.15 Å². The van der Waals surface area contributed by atoms with Crippen molar-refractivity contribution in [2.24, 2.45) is 12.0 Å². The summed E-state index contributed by atoms with van der Waals surface area (Å²) in [5, 5.41) is 7.59. The number of guanidine groups is 1. The van der Waals surface area contributed by atoms with E-state index in [1.807, 2.05) is 37.7 Å². The molecule has 134 valence electrons. The SMILES string of the molecule is C=CCNC(=NCCc1ccco1)N1CCOC(c2cnn(C)c2)C1. The number of nitrogens with one attached hydrogen (secondary N) is 1. The summed E-state index contributed by atoms with van der Waals surface area (Å²) in [6.07, 6.45) is 8.17. The van der Waals surface area contributed by atoms with E-state index in [1.54, 1.807) is 10.9 Å². The molecule has 1 atom stereocenters. The Morgan fingerprint density at radius 2 is 2.48 bits per heavy atom. The molecule has 0 spiro atoms. The number of aryl methyl sites for hydroxylation is 1. The summed E-state index contributed by atoms with van der Waals surface area (Å²) in [6.45, 7) is 7.33. The van der Waals surface area contributed by atoms with E-state index in [1.165, 1.54) is 0 Å². The van der Waals surface area contributed by atoms with Gasteiger partial charge in [-0.25, -0.2) is 0 Å². The molecule has 1 aliphatic rings. The Morgan fingerprint density at radius 1 is 1.56 bits per heavy atom. The molecule has 3 rings (SSSR count). The number of furan rings is 1. The summed E-state index contributed by atoms with van der Waals surface area (Å²) in [4.78, 5) is 6.97. The maximum Gasteiger partial charge on any atom is 0.194 e. The van der Waals surface area contributed by atoms with Gasteiger partial charge >= 0.3 is 0 Å². The van der Waals surface area contributed by atoms with Crippen LogP contribution in [0.25, 0.3) is 0 Å². The quantitative estimate of drug-likeness (QED) is 0.492. The predicted molar refractivity (Wildman–Crippen MR) is 96.4 cm³/mol. The van der Waals surface area contributed by atoms with Gasteiger partial charge in [0.15, 0.2) is 5.96 Å². The third-order valence-electron chi connectivity index (χ3n) is 4.07. The first-order valence-corrected chi connectivity index (χ1v) is 8.53. The number of hydrogen-bond donors (Lipinski definition) is 1. The van der Waals surface area contributed by atoms with Crippen molar-refractivity contribution >= 4 is 5.96 Å². The van der Waals surface area contributed by atoms with Crippen LogP contribution in [0.1, 0.15) is 17.4 Å². The molecule has 1 unspecified atom stereocenters. The number of hydrogen-bond acceptors (Lipinski definition) is 4. The zero-order valence-electron chi connectivity index (χ0n) is 14.6. The molecule has 7 heteroatoms. The Hall–Kier alpha value is -2.54. The van der Waals surface area contributed by atoms with Crippen molar-refractivity contribution in [2.75, 3.05) is 32.8 Å². The Labute approximate surface area is 148 Å². The van der Waals surface area contributed by atoms with Gasteiger partial charge in [-0.1, -0.05) is 6.08 Å². The van der Waals surface area contributed by atoms with Crippen molar-refractivity contribution in [3.63, 3.8) is 0 Å². The van der Waals surface area contributed by atoms with Gasteiger partial charge in [0.2, 0.25) is 0 Å². The van der Waals surface area contributed by atoms with E-state index in [0.29, 0.717) is 19.7 Å². The van der Waals surface area contributed by atoms with E-state index in [9.17, 15) is 0 Å². The zero-order valence-corrected chi connectivity index (χ0v) is 14.6. The zero-order chi connectivity index (χ0) is 17.5. The molecule has 0 aliphatic carbocycles. The molecule has 2 aromatic heterocycles. The molecule has 0 amide bonds. The third kappa shape index (κ3) is 4.73. The molecule has 7 nitrogen and oxygen atoms in total. The van der Waals surface area contributed by atoms with E-state index in [-0.39, 0.29) is 6.10 Å². The van der Waals surface area contributed by atoms with Crippen LogP contribution in [0.4, 0.5) is 0 Å². The molecule has 0 radical (unpaired) electrons. The van der Waals surface area contributed by atoms with Crippen LogP contribution in [-0.2, 0) is 18.2 Å². The van der Waals surface area contributed by atoms with Gasteiger partial charge in [0.05, 0.1) is 25.6 Å². The first-order chi connectivity index (χ1) is 12.3. The molecule has 0 aromatic carbocycles. The Bertz CT molecular complexity index is 692. The van der Waals surface area contributed by atoms with Crippen molar-refractivity contribution in [2.45, 2.75) is 12.5 Å². The first-order valence-electron chi connectivity index (χ1n) is 8.53. The largest absolute Gasteiger partial charge is 0.469 e. The van der Waals surface area contributed by atoms with Gasteiger partial charge < -0.3 is 19.4 Å². The van der Waals surface area contributed by atoms with Gasteiger partial charge in [0.25, 0.3) is 0 Å². The normalized spacial score (nSPS) is 18.4. The van der Waals surface area contributed by atoms with Gasteiger partial charge in [-0.2, -0.15) is 5.10 Å². The van der Waals surface area contributed by atoms with E-state index >= 15 is 0 Å². The van der Waals surface area contributed by atoms with Crippen molar-refractivity contribution in [3.8, 4) is 0 Å². The number of nitrogens with zero attached hydrogens (tertiary/aromatic N) is 4. The van der Waals surface area contributed by atoms with E-state index in [4.69, 9.17) is 14.1 Å². The molecule has 0 bridgehead atoms. The van der Waals surface area contributed by atoms with Crippen LogP contribution in [0.3, 0.4) is 0 Å². The molecular formula is C18H25N5O2. The molecule has 2 aromatic rings. The summed E-state index contributed by atoms with van der Waals surface area (Å²) < 4.78 is 13.1. The molecule has 1 saturated heterocycles. The summed E-state index contributed by atoms with van der Waals surface area (Å²) in [5.74, 6) is 1.82. The fourth-order valence-corrected chi connectivity index (χ4v) is 2.81. The first kappa shape index (κ1) is 17.3. The lowest BCUT2D eigenvalue weighted by atomic mass is 10.1. The lowest BCUT2D eigenvalue weighted by Gasteiger charge is -2.34. The van der Waals surface area contributed by atoms with Gasteiger partial charge in [-0.3, -0.25) is 9.67 Å². The number of aromatic nitrogens is 2. The standard InChI is InChI=1S/C18H25N5O2/c1-3-7-19-18(20-8-6-16-5-4-10-24-16)23-9-11-25-17(14-23)15-12-21-22(2)13-15/h3-5,10,12-13,17H,1,6-9,11,14H2,2H3,(H,19,20). The maximum absolute atomic E-state index is 5.91. The van der Waals surface area contributed by atoms with Crippen LogP contribution in [0.2, 0.25) is 0 Å². The number of ether oxygens (including phenoxy) is 1. The minimum atomic E-state index is 0.00301. The Balaban J connectivity index is 1.65. The minimum absolute atomic E-state index is 0.00301. The fraction of sp³-hybridized carbons (Fsp3) is 0.444. The second-order valence-corrected chi connectivity index (χ2v) is 5.96. The second-order valence-electron chi connectivity index (χ2n) is 5.96. The molecule has 0 saturated carbocycles. The summed E-state index contributed by atoms with van der Waals surface area (Å²) in [6, 6.07) is 3.87. The second kappa shape index (κ2) is 8.53. The molecule has 1 fully saturated rings. The highest BCUT2D eigenvalue weighted by Gasteiger charge is 2.25. The minimum Gasteiger partial charge on any atom is -0.469 e. The highest BCUT2D eigenvalue weighted by Crippen LogP contribution is 2.21. The van der Waals surface area contributed by atoms with Gasteiger partial charge in [-0.15, -0.1) is 6.58 Å². The maximum atomic E-state index is 5.91. The summed E-state index contributed by atoms with van der Waals surface area (Å²) in [5.41, 5.74) is 1.09. The molecular weight excluding hydrogens is 318 g/mol. The lowest BCUT2D eigenvalue weighted by Crippen LogP contribution is -2.48. The van der Waals surface area contributed by atoms with E-state index in [2.05, 4.69) is 21.9 Å². The van der Waals surface area contributed by atoms with Crippen LogP contribution < -0.4 is 5.32 Å². The summed E-state index contributed by atoms with van der Waals surface area (Å²) >= 11 is 0. The smallest absolute Gasteiger partial charge is 0.194 e. The van der Waals surface area contributed by atoms with Crippen LogP contribution in [0.15, 0.2) is 52.9 Å². The van der Waals surface area contributed by atoms with Crippen LogP contribution in [0, 0.1) is 0 Å². The van der Waals surface area contributed by atoms with E-state index < -0.39 is 0 Å².